The van der Waals surface area contributed by atoms with E-state index in [1.807, 2.05) is 12.1 Å². The minimum Gasteiger partial charge on any atom is -0.467 e. The van der Waals surface area contributed by atoms with E-state index >= 15 is 0 Å². The standard InChI is InChI=1S/C15H17NO2S2/c1-19-14-6-4-12(5-7-14)10-20-11-15(17)16-9-13-3-2-8-18-13/h2-8H,9-11H2,1H3,(H,16,17). The minimum atomic E-state index is 0.0344. The van der Waals surface area contributed by atoms with E-state index in [1.165, 1.54) is 10.5 Å². The van der Waals surface area contributed by atoms with Gasteiger partial charge in [0.2, 0.25) is 5.91 Å². The number of nitrogens with one attached hydrogen (secondary N) is 1. The molecule has 1 heterocycles. The lowest BCUT2D eigenvalue weighted by Crippen LogP contribution is -2.24. The smallest absolute Gasteiger partial charge is 0.230 e. The molecule has 0 saturated heterocycles. The molecular formula is C15H17NO2S2. The molecule has 1 aromatic heterocycles. The fourth-order valence-electron chi connectivity index (χ4n) is 1.63. The first-order chi connectivity index (χ1) is 9.78. The van der Waals surface area contributed by atoms with E-state index in [4.69, 9.17) is 4.42 Å². The summed E-state index contributed by atoms with van der Waals surface area (Å²) >= 11 is 3.35. The van der Waals surface area contributed by atoms with Gasteiger partial charge in [-0.15, -0.1) is 23.5 Å². The normalized spacial score (nSPS) is 10.4. The van der Waals surface area contributed by atoms with E-state index in [0.29, 0.717) is 12.3 Å². The van der Waals surface area contributed by atoms with E-state index in [2.05, 4.69) is 35.8 Å². The Morgan fingerprint density at radius 3 is 2.70 bits per heavy atom. The fraction of sp³-hybridized carbons (Fsp3) is 0.267. The maximum atomic E-state index is 11.7. The lowest BCUT2D eigenvalue weighted by Gasteiger charge is -2.04. The highest BCUT2D eigenvalue weighted by atomic mass is 32.2. The topological polar surface area (TPSA) is 42.2 Å². The molecule has 106 valence electrons. The Balaban J connectivity index is 1.65. The van der Waals surface area contributed by atoms with E-state index in [9.17, 15) is 4.79 Å². The average Bonchev–Trinajstić information content (AvgIpc) is 2.99. The van der Waals surface area contributed by atoms with Gasteiger partial charge < -0.3 is 9.73 Å². The first-order valence-electron chi connectivity index (χ1n) is 6.27. The molecule has 0 fully saturated rings. The highest BCUT2D eigenvalue weighted by molar-refractivity contribution is 7.99. The summed E-state index contributed by atoms with van der Waals surface area (Å²) < 4.78 is 5.16. The number of carbonyl (C=O) groups excluding carboxylic acids is 1. The lowest BCUT2D eigenvalue weighted by atomic mass is 10.2. The van der Waals surface area contributed by atoms with Crippen molar-refractivity contribution < 1.29 is 9.21 Å². The van der Waals surface area contributed by atoms with E-state index in [1.54, 1.807) is 29.8 Å². The maximum Gasteiger partial charge on any atom is 0.230 e. The summed E-state index contributed by atoms with van der Waals surface area (Å²) in [6.07, 6.45) is 3.67. The maximum absolute atomic E-state index is 11.7. The van der Waals surface area contributed by atoms with Crippen molar-refractivity contribution in [1.29, 1.82) is 0 Å². The molecule has 1 amide bonds. The van der Waals surface area contributed by atoms with Crippen molar-refractivity contribution in [3.63, 3.8) is 0 Å². The molecule has 0 radical (unpaired) electrons. The van der Waals surface area contributed by atoms with Gasteiger partial charge in [-0.2, -0.15) is 0 Å². The summed E-state index contributed by atoms with van der Waals surface area (Å²) in [7, 11) is 0. The Morgan fingerprint density at radius 1 is 1.25 bits per heavy atom. The molecule has 0 bridgehead atoms. The monoisotopic (exact) mass is 307 g/mol. The number of furan rings is 1. The highest BCUT2D eigenvalue weighted by Crippen LogP contribution is 2.18. The quantitative estimate of drug-likeness (QED) is 0.794. The van der Waals surface area contributed by atoms with Crippen LogP contribution in [0.3, 0.4) is 0 Å². The van der Waals surface area contributed by atoms with Gasteiger partial charge in [0.25, 0.3) is 0 Å². The van der Waals surface area contributed by atoms with Crippen LogP contribution in [0.15, 0.2) is 52.0 Å². The molecule has 0 saturated carbocycles. The molecule has 5 heteroatoms. The van der Waals surface area contributed by atoms with E-state index < -0.39 is 0 Å². The Morgan fingerprint density at radius 2 is 2.05 bits per heavy atom. The third-order valence-corrected chi connectivity index (χ3v) is 4.45. The molecule has 0 unspecified atom stereocenters. The Labute approximate surface area is 127 Å². The molecule has 3 nitrogen and oxygen atoms in total. The summed E-state index contributed by atoms with van der Waals surface area (Å²) in [6.45, 7) is 0.453. The first-order valence-corrected chi connectivity index (χ1v) is 8.65. The number of hydrogen-bond donors (Lipinski definition) is 1. The van der Waals surface area contributed by atoms with E-state index in [-0.39, 0.29) is 5.91 Å². The van der Waals surface area contributed by atoms with Gasteiger partial charge in [0.15, 0.2) is 0 Å². The number of hydrogen-bond acceptors (Lipinski definition) is 4. The third-order valence-electron chi connectivity index (χ3n) is 2.70. The van der Waals surface area contributed by atoms with Crippen molar-refractivity contribution in [3.05, 3.63) is 54.0 Å². The molecule has 0 aliphatic heterocycles. The van der Waals surface area contributed by atoms with Gasteiger partial charge in [0.1, 0.15) is 5.76 Å². The van der Waals surface area contributed by atoms with Crippen LogP contribution in [0.2, 0.25) is 0 Å². The summed E-state index contributed by atoms with van der Waals surface area (Å²) in [5.74, 6) is 2.12. The minimum absolute atomic E-state index is 0.0344. The van der Waals surface area contributed by atoms with Crippen LogP contribution in [-0.4, -0.2) is 17.9 Å². The van der Waals surface area contributed by atoms with E-state index in [0.717, 1.165) is 11.5 Å². The largest absolute Gasteiger partial charge is 0.467 e. The number of benzene rings is 1. The molecule has 0 spiro atoms. The second kappa shape index (κ2) is 8.07. The van der Waals surface area contributed by atoms with Gasteiger partial charge in [0, 0.05) is 10.6 Å². The number of amides is 1. The van der Waals surface area contributed by atoms with Crippen molar-refractivity contribution in [2.24, 2.45) is 0 Å². The van der Waals surface area contributed by atoms with Crippen molar-refractivity contribution >= 4 is 29.4 Å². The van der Waals surface area contributed by atoms with Crippen LogP contribution in [0.25, 0.3) is 0 Å². The van der Waals surface area contributed by atoms with Crippen LogP contribution < -0.4 is 5.32 Å². The van der Waals surface area contributed by atoms with Crippen LogP contribution in [0.1, 0.15) is 11.3 Å². The molecule has 0 atom stereocenters. The van der Waals surface area contributed by atoms with Gasteiger partial charge in [-0.1, -0.05) is 12.1 Å². The van der Waals surface area contributed by atoms with Crippen molar-refractivity contribution in [1.82, 2.24) is 5.32 Å². The zero-order chi connectivity index (χ0) is 14.2. The molecule has 2 rings (SSSR count). The Kier molecular flexibility index (Phi) is 6.08. The SMILES string of the molecule is CSc1ccc(CSCC(=O)NCc2ccco2)cc1. The molecular weight excluding hydrogens is 290 g/mol. The van der Waals surface area contributed by atoms with Gasteiger partial charge in [-0.25, -0.2) is 0 Å². The van der Waals surface area contributed by atoms with Crippen molar-refractivity contribution in [3.8, 4) is 0 Å². The molecule has 0 aliphatic rings. The second-order valence-corrected chi connectivity index (χ2v) is 6.06. The Hall–Kier alpha value is -1.33. The van der Waals surface area contributed by atoms with Crippen LogP contribution in [0, 0.1) is 0 Å². The zero-order valence-electron chi connectivity index (χ0n) is 11.3. The highest BCUT2D eigenvalue weighted by Gasteiger charge is 2.03. The predicted octanol–water partition coefficient (Wildman–Crippen LogP) is 3.55. The van der Waals surface area contributed by atoms with Crippen LogP contribution in [0.4, 0.5) is 0 Å². The summed E-state index contributed by atoms with van der Waals surface area (Å²) in [5, 5.41) is 2.83. The lowest BCUT2D eigenvalue weighted by molar-refractivity contribution is -0.118. The predicted molar refractivity (Wildman–Crippen MR) is 84.9 cm³/mol. The summed E-state index contributed by atoms with van der Waals surface area (Å²) in [4.78, 5) is 12.9. The average molecular weight is 307 g/mol. The molecule has 20 heavy (non-hydrogen) atoms. The Bertz CT molecular complexity index is 523. The second-order valence-electron chi connectivity index (χ2n) is 4.20. The van der Waals surface area contributed by atoms with Gasteiger partial charge in [-0.05, 0) is 36.1 Å². The van der Waals surface area contributed by atoms with Crippen LogP contribution in [-0.2, 0) is 17.1 Å². The number of rotatable bonds is 7. The van der Waals surface area contributed by atoms with Gasteiger partial charge in [-0.3, -0.25) is 4.79 Å². The zero-order valence-corrected chi connectivity index (χ0v) is 12.9. The summed E-state index contributed by atoms with van der Waals surface area (Å²) in [5.41, 5.74) is 1.24. The van der Waals surface area contributed by atoms with Crippen LogP contribution in [0.5, 0.6) is 0 Å². The fourth-order valence-corrected chi connectivity index (χ4v) is 2.86. The molecule has 0 aliphatic carbocycles. The number of carbonyl (C=O) groups is 1. The summed E-state index contributed by atoms with van der Waals surface area (Å²) in [6, 6.07) is 12.1. The van der Waals surface area contributed by atoms with Crippen LogP contribution >= 0.6 is 23.5 Å². The van der Waals surface area contributed by atoms with Crippen molar-refractivity contribution in [2.45, 2.75) is 17.2 Å². The number of thioether (sulfide) groups is 2. The van der Waals surface area contributed by atoms with Gasteiger partial charge >= 0.3 is 0 Å². The van der Waals surface area contributed by atoms with Gasteiger partial charge in [0.05, 0.1) is 18.6 Å². The molecule has 1 N–H and O–H groups in total. The third kappa shape index (κ3) is 4.98. The molecule has 2 aromatic rings. The first kappa shape index (κ1) is 15.1. The molecule has 1 aromatic carbocycles. The van der Waals surface area contributed by atoms with Crippen molar-refractivity contribution in [2.75, 3.05) is 12.0 Å².